The van der Waals surface area contributed by atoms with Gasteiger partial charge >= 0.3 is 5.97 Å². The van der Waals surface area contributed by atoms with Crippen molar-refractivity contribution < 1.29 is 19.0 Å². The summed E-state index contributed by atoms with van der Waals surface area (Å²) in [4.78, 5) is 11.7. The number of hydrogen-bond donors (Lipinski definition) is 0. The summed E-state index contributed by atoms with van der Waals surface area (Å²) < 4.78 is 15.9. The standard InChI is InChI=1S/C12H17O4P/c1-4-14-10-9(11(13)15-5-2)7-8-17-12(10)16-6-3/h7-8H,4-6H2,1-3H3. The van der Waals surface area contributed by atoms with Crippen molar-refractivity contribution in [1.29, 1.82) is 0 Å². The molecule has 0 amide bonds. The highest BCUT2D eigenvalue weighted by Crippen LogP contribution is 2.38. The van der Waals surface area contributed by atoms with Gasteiger partial charge in [-0.1, -0.05) is 0 Å². The molecule has 0 N–H and O–H groups in total. The molecule has 0 fully saturated rings. The molecule has 0 atom stereocenters. The van der Waals surface area contributed by atoms with Gasteiger partial charge in [0.05, 0.1) is 19.8 Å². The lowest BCUT2D eigenvalue weighted by Gasteiger charge is -2.13. The third-order valence-corrected chi connectivity index (χ3v) is 2.80. The van der Waals surface area contributed by atoms with Crippen LogP contribution >= 0.6 is 8.19 Å². The second-order valence-corrected chi connectivity index (χ2v) is 4.04. The molecule has 0 unspecified atom stereocenters. The van der Waals surface area contributed by atoms with E-state index in [9.17, 15) is 4.79 Å². The molecule has 1 heterocycles. The Morgan fingerprint density at radius 1 is 1.18 bits per heavy atom. The van der Waals surface area contributed by atoms with E-state index in [0.29, 0.717) is 36.6 Å². The molecule has 4 nitrogen and oxygen atoms in total. The van der Waals surface area contributed by atoms with Crippen LogP contribution in [0, 0.1) is 0 Å². The minimum Gasteiger partial charge on any atom is -0.489 e. The van der Waals surface area contributed by atoms with E-state index in [4.69, 9.17) is 14.2 Å². The summed E-state index contributed by atoms with van der Waals surface area (Å²) in [5.41, 5.74) is 1.09. The summed E-state index contributed by atoms with van der Waals surface area (Å²) >= 11 is 0. The Balaban J connectivity index is 3.09. The molecule has 0 spiro atoms. The van der Waals surface area contributed by atoms with E-state index in [-0.39, 0.29) is 5.97 Å². The van der Waals surface area contributed by atoms with Gasteiger partial charge in [0, 0.05) is 0 Å². The molecule has 17 heavy (non-hydrogen) atoms. The lowest BCUT2D eigenvalue weighted by Crippen LogP contribution is -2.08. The van der Waals surface area contributed by atoms with Crippen LogP contribution in [0.3, 0.4) is 0 Å². The van der Waals surface area contributed by atoms with E-state index in [0.717, 1.165) is 8.19 Å². The Labute approximate surface area is 103 Å². The van der Waals surface area contributed by atoms with Crippen LogP contribution in [-0.2, 0) is 4.74 Å². The van der Waals surface area contributed by atoms with Crippen molar-refractivity contribution in [2.75, 3.05) is 19.8 Å². The minimum atomic E-state index is -0.376. The molecule has 94 valence electrons. The topological polar surface area (TPSA) is 44.8 Å². The highest BCUT2D eigenvalue weighted by molar-refractivity contribution is 7.31. The zero-order valence-electron chi connectivity index (χ0n) is 10.4. The summed E-state index contributed by atoms with van der Waals surface area (Å²) in [5, 5.41) is 0. The second-order valence-electron chi connectivity index (χ2n) is 3.08. The molecule has 0 aliphatic carbocycles. The fourth-order valence-corrected chi connectivity index (χ4v) is 2.19. The van der Waals surface area contributed by atoms with E-state index in [1.54, 1.807) is 13.0 Å². The first-order chi connectivity index (χ1) is 8.24. The molecule has 1 rings (SSSR count). The van der Waals surface area contributed by atoms with E-state index in [2.05, 4.69) is 0 Å². The van der Waals surface area contributed by atoms with Gasteiger partial charge in [-0.2, -0.15) is 0 Å². The maximum Gasteiger partial charge on any atom is 0.342 e. The van der Waals surface area contributed by atoms with Crippen molar-refractivity contribution in [2.45, 2.75) is 20.8 Å². The molecule has 0 aliphatic heterocycles. The second kappa shape index (κ2) is 7.13. The molecule has 0 aliphatic rings. The van der Waals surface area contributed by atoms with E-state index < -0.39 is 0 Å². The van der Waals surface area contributed by atoms with Gasteiger partial charge in [0.1, 0.15) is 5.56 Å². The summed E-state index contributed by atoms with van der Waals surface area (Å²) in [5.74, 6) is 1.97. The fourth-order valence-electron chi connectivity index (χ4n) is 1.32. The first kappa shape index (κ1) is 13.8. The SMILES string of the molecule is CCOC(=O)c1ccpc(OCC)c1OCC. The molecule has 0 aromatic carbocycles. The average molecular weight is 256 g/mol. The van der Waals surface area contributed by atoms with Crippen molar-refractivity contribution >= 4 is 14.2 Å². The molecule has 0 radical (unpaired) electrons. The zero-order valence-corrected chi connectivity index (χ0v) is 11.3. The Morgan fingerprint density at radius 2 is 1.88 bits per heavy atom. The quantitative estimate of drug-likeness (QED) is 0.733. The van der Waals surface area contributed by atoms with Crippen LogP contribution in [0.1, 0.15) is 31.1 Å². The molecular formula is C12H17O4P. The molecule has 0 saturated heterocycles. The van der Waals surface area contributed by atoms with Crippen molar-refractivity contribution in [3.05, 3.63) is 17.4 Å². The van der Waals surface area contributed by atoms with Crippen LogP contribution in [0.5, 0.6) is 11.2 Å². The van der Waals surface area contributed by atoms with Gasteiger partial charge < -0.3 is 14.2 Å². The Kier molecular flexibility index (Phi) is 5.78. The Bertz CT molecular complexity index is 379. The Hall–Kier alpha value is -1.28. The normalized spacial score (nSPS) is 10.3. The summed E-state index contributed by atoms with van der Waals surface area (Å²) in [6.07, 6.45) is 0. The van der Waals surface area contributed by atoms with Gasteiger partial charge in [-0.3, -0.25) is 0 Å². The number of esters is 1. The molecule has 0 bridgehead atoms. The van der Waals surface area contributed by atoms with Gasteiger partial charge in [-0.05, 0) is 40.8 Å². The average Bonchev–Trinajstić information content (AvgIpc) is 2.32. The van der Waals surface area contributed by atoms with E-state index >= 15 is 0 Å². The van der Waals surface area contributed by atoms with Crippen LogP contribution in [0.25, 0.3) is 0 Å². The lowest BCUT2D eigenvalue weighted by molar-refractivity contribution is 0.0521. The van der Waals surface area contributed by atoms with Crippen LogP contribution in [0.4, 0.5) is 0 Å². The first-order valence-electron chi connectivity index (χ1n) is 5.66. The minimum absolute atomic E-state index is 0.345. The predicted molar refractivity (Wildman–Crippen MR) is 67.2 cm³/mol. The van der Waals surface area contributed by atoms with Gasteiger partial charge in [-0.25, -0.2) is 4.79 Å². The summed E-state index contributed by atoms with van der Waals surface area (Å²) in [6, 6.07) is 1.72. The largest absolute Gasteiger partial charge is 0.489 e. The molecule has 1 aromatic rings. The molecule has 5 heteroatoms. The third kappa shape index (κ3) is 3.60. The van der Waals surface area contributed by atoms with Crippen LogP contribution in [0.15, 0.2) is 11.9 Å². The van der Waals surface area contributed by atoms with Gasteiger partial charge in [0.2, 0.25) is 0 Å². The van der Waals surface area contributed by atoms with Crippen molar-refractivity contribution in [2.24, 2.45) is 0 Å². The zero-order chi connectivity index (χ0) is 12.7. The van der Waals surface area contributed by atoms with E-state index in [1.807, 2.05) is 19.6 Å². The van der Waals surface area contributed by atoms with Gasteiger partial charge in [-0.15, -0.1) is 0 Å². The molecular weight excluding hydrogens is 239 g/mol. The maximum atomic E-state index is 11.7. The number of hydrogen-bond acceptors (Lipinski definition) is 4. The van der Waals surface area contributed by atoms with Crippen molar-refractivity contribution in [3.8, 4) is 11.2 Å². The molecule has 1 aromatic heterocycles. The predicted octanol–water partition coefficient (Wildman–Crippen LogP) is 3.24. The van der Waals surface area contributed by atoms with Crippen molar-refractivity contribution in [1.82, 2.24) is 0 Å². The van der Waals surface area contributed by atoms with E-state index in [1.165, 1.54) is 0 Å². The molecule has 0 saturated carbocycles. The maximum absolute atomic E-state index is 11.7. The van der Waals surface area contributed by atoms with Gasteiger partial charge in [0.15, 0.2) is 11.2 Å². The number of carbonyl (C=O) groups excluding carboxylic acids is 1. The number of rotatable bonds is 6. The lowest BCUT2D eigenvalue weighted by atomic mass is 10.2. The Morgan fingerprint density at radius 3 is 2.47 bits per heavy atom. The van der Waals surface area contributed by atoms with Crippen molar-refractivity contribution in [3.63, 3.8) is 0 Å². The van der Waals surface area contributed by atoms with Crippen LogP contribution in [0.2, 0.25) is 0 Å². The highest BCUT2D eigenvalue weighted by Gasteiger charge is 2.18. The monoisotopic (exact) mass is 256 g/mol. The third-order valence-electron chi connectivity index (χ3n) is 1.94. The van der Waals surface area contributed by atoms with Gasteiger partial charge in [0.25, 0.3) is 0 Å². The highest BCUT2D eigenvalue weighted by atomic mass is 31.0. The number of ether oxygens (including phenoxy) is 3. The fraction of sp³-hybridized carbons (Fsp3) is 0.500. The van der Waals surface area contributed by atoms with Crippen LogP contribution in [-0.4, -0.2) is 25.8 Å². The summed E-state index contributed by atoms with van der Waals surface area (Å²) in [7, 11) is 0.896. The first-order valence-corrected chi connectivity index (χ1v) is 6.62. The summed E-state index contributed by atoms with van der Waals surface area (Å²) in [6.45, 7) is 6.91. The smallest absolute Gasteiger partial charge is 0.342 e. The number of carbonyl (C=O) groups is 1. The van der Waals surface area contributed by atoms with Crippen LogP contribution < -0.4 is 9.47 Å².